The topological polar surface area (TPSA) is 68.1 Å². The Labute approximate surface area is 171 Å². The van der Waals surface area contributed by atoms with Crippen LogP contribution in [0.2, 0.25) is 5.02 Å². The normalized spacial score (nSPS) is 17.2. The number of alkyl halides is 3. The monoisotopic (exact) mass is 442 g/mol. The summed E-state index contributed by atoms with van der Waals surface area (Å²) in [4.78, 5) is 30.8. The average Bonchev–Trinajstić information content (AvgIpc) is 3.32. The van der Waals surface area contributed by atoms with Gasteiger partial charge in [0.15, 0.2) is 4.83 Å². The number of halogens is 4. The highest BCUT2D eigenvalue weighted by Crippen LogP contribution is 2.33. The maximum atomic E-state index is 13.1. The van der Waals surface area contributed by atoms with E-state index in [0.717, 1.165) is 21.0 Å². The molecule has 1 saturated heterocycles. The Kier molecular flexibility index (Phi) is 5.07. The summed E-state index contributed by atoms with van der Waals surface area (Å²) in [6.45, 7) is -0.492. The van der Waals surface area contributed by atoms with Gasteiger partial charge in [0, 0.05) is 17.1 Å². The van der Waals surface area contributed by atoms with Crippen LogP contribution in [0, 0.1) is 0 Å². The van der Waals surface area contributed by atoms with E-state index >= 15 is 0 Å². The van der Waals surface area contributed by atoms with E-state index in [4.69, 9.17) is 11.6 Å². The minimum absolute atomic E-state index is 0.0173. The van der Waals surface area contributed by atoms with Crippen LogP contribution in [0.15, 0.2) is 35.4 Å². The highest BCUT2D eigenvalue weighted by Gasteiger charge is 2.47. The molecule has 0 N–H and O–H groups in total. The minimum atomic E-state index is -4.49. The number of nitrogens with zero attached hydrogens (tertiary/aromatic N) is 4. The summed E-state index contributed by atoms with van der Waals surface area (Å²) in [6, 6.07) is 4.92. The Morgan fingerprint density at radius 2 is 2.00 bits per heavy atom. The molecule has 4 rings (SSSR count). The lowest BCUT2D eigenvalue weighted by Gasteiger charge is -2.26. The van der Waals surface area contributed by atoms with Crippen molar-refractivity contribution in [2.45, 2.75) is 31.6 Å². The van der Waals surface area contributed by atoms with Crippen LogP contribution in [0.25, 0.3) is 21.5 Å². The van der Waals surface area contributed by atoms with Crippen molar-refractivity contribution in [2.24, 2.45) is 0 Å². The number of amides is 1. The zero-order valence-electron chi connectivity index (χ0n) is 14.8. The van der Waals surface area contributed by atoms with Crippen LogP contribution in [0.4, 0.5) is 13.2 Å². The fraction of sp³-hybridized carbons (Fsp3) is 0.333. The van der Waals surface area contributed by atoms with Crippen molar-refractivity contribution < 1.29 is 18.0 Å². The fourth-order valence-electron chi connectivity index (χ4n) is 3.44. The Hall–Kier alpha value is -2.46. The van der Waals surface area contributed by atoms with E-state index in [9.17, 15) is 22.8 Å². The first-order chi connectivity index (χ1) is 13.8. The lowest BCUT2D eigenvalue weighted by molar-refractivity contribution is -0.183. The van der Waals surface area contributed by atoms with Crippen molar-refractivity contribution in [2.75, 3.05) is 6.54 Å². The molecule has 152 valence electrons. The minimum Gasteiger partial charge on any atom is -0.329 e. The van der Waals surface area contributed by atoms with Gasteiger partial charge in [-0.05, 0) is 36.5 Å². The van der Waals surface area contributed by atoms with Crippen molar-refractivity contribution in [1.82, 2.24) is 18.8 Å². The van der Waals surface area contributed by atoms with Gasteiger partial charge in [0.05, 0.1) is 12.0 Å². The molecule has 0 radical (unpaired) electrons. The molecule has 1 unspecified atom stereocenters. The standard InChI is InChI=1S/C18H14ClF3N4O2S/c19-11-5-3-10(4-6-11)15-14-16(29-24-15)23-9-25(17(14)28)8-13(27)26-7-1-2-12(26)18(20,21)22/h3-6,9,12H,1-2,7-8H2. The first-order valence-corrected chi connectivity index (χ1v) is 9.88. The molecule has 11 heteroatoms. The largest absolute Gasteiger partial charge is 0.408 e. The predicted molar refractivity (Wildman–Crippen MR) is 103 cm³/mol. The molecule has 0 bridgehead atoms. The molecule has 2 aromatic heterocycles. The predicted octanol–water partition coefficient (Wildman–Crippen LogP) is 3.73. The lowest BCUT2D eigenvalue weighted by Crippen LogP contribution is -2.46. The number of fused-ring (bicyclic) bond motifs is 1. The van der Waals surface area contributed by atoms with Gasteiger partial charge in [0.2, 0.25) is 5.91 Å². The molecular weight excluding hydrogens is 429 g/mol. The summed E-state index contributed by atoms with van der Waals surface area (Å²) in [5.74, 6) is -0.760. The highest BCUT2D eigenvalue weighted by atomic mass is 35.5. The van der Waals surface area contributed by atoms with Gasteiger partial charge in [0.1, 0.15) is 18.0 Å². The van der Waals surface area contributed by atoms with E-state index < -0.39 is 30.2 Å². The zero-order chi connectivity index (χ0) is 20.8. The van der Waals surface area contributed by atoms with Crippen molar-refractivity contribution in [1.29, 1.82) is 0 Å². The van der Waals surface area contributed by atoms with Crippen molar-refractivity contribution >= 4 is 39.3 Å². The number of carbonyl (C=O) groups is 1. The molecule has 0 saturated carbocycles. The summed E-state index contributed by atoms with van der Waals surface area (Å²) in [7, 11) is 0. The molecule has 3 aromatic rings. The molecule has 1 aliphatic heterocycles. The van der Waals surface area contributed by atoms with E-state index in [2.05, 4.69) is 9.36 Å². The van der Waals surface area contributed by atoms with E-state index in [1.54, 1.807) is 24.3 Å². The van der Waals surface area contributed by atoms with E-state index in [1.165, 1.54) is 6.33 Å². The third kappa shape index (κ3) is 3.74. The van der Waals surface area contributed by atoms with Crippen LogP contribution in [-0.4, -0.2) is 43.5 Å². The first kappa shape index (κ1) is 19.8. The molecule has 0 spiro atoms. The SMILES string of the molecule is O=C(Cn1cnc2snc(-c3ccc(Cl)cc3)c2c1=O)N1CCCC1C(F)(F)F. The average molecular weight is 443 g/mol. The number of rotatable bonds is 3. The van der Waals surface area contributed by atoms with Crippen LogP contribution < -0.4 is 5.56 Å². The molecule has 1 atom stereocenters. The lowest BCUT2D eigenvalue weighted by atomic mass is 10.1. The third-order valence-electron chi connectivity index (χ3n) is 4.84. The van der Waals surface area contributed by atoms with E-state index in [-0.39, 0.29) is 24.8 Å². The van der Waals surface area contributed by atoms with Crippen LogP contribution >= 0.6 is 23.1 Å². The molecule has 1 amide bonds. The molecule has 0 aliphatic carbocycles. The Morgan fingerprint density at radius 1 is 1.28 bits per heavy atom. The van der Waals surface area contributed by atoms with Gasteiger partial charge in [-0.2, -0.15) is 17.5 Å². The Morgan fingerprint density at radius 3 is 2.69 bits per heavy atom. The van der Waals surface area contributed by atoms with Gasteiger partial charge in [-0.25, -0.2) is 4.98 Å². The van der Waals surface area contributed by atoms with Gasteiger partial charge in [0.25, 0.3) is 5.56 Å². The molecular formula is C18H14ClF3N4O2S. The second-order valence-electron chi connectivity index (χ2n) is 6.68. The summed E-state index contributed by atoms with van der Waals surface area (Å²) in [5, 5.41) is 0.751. The first-order valence-electron chi connectivity index (χ1n) is 8.72. The van der Waals surface area contributed by atoms with Crippen molar-refractivity contribution in [3.63, 3.8) is 0 Å². The summed E-state index contributed by atoms with van der Waals surface area (Å²) in [6.07, 6.45) is -3.17. The van der Waals surface area contributed by atoms with Crippen LogP contribution in [0.5, 0.6) is 0 Å². The number of hydrogen-bond acceptors (Lipinski definition) is 5. The molecule has 1 aliphatic rings. The number of benzene rings is 1. The van der Waals surface area contributed by atoms with Gasteiger partial charge in [-0.3, -0.25) is 14.2 Å². The summed E-state index contributed by atoms with van der Waals surface area (Å²) < 4.78 is 44.7. The van der Waals surface area contributed by atoms with Gasteiger partial charge in [-0.15, -0.1) is 0 Å². The molecule has 1 fully saturated rings. The van der Waals surface area contributed by atoms with Crippen LogP contribution in [0.3, 0.4) is 0 Å². The molecule has 29 heavy (non-hydrogen) atoms. The van der Waals surface area contributed by atoms with Gasteiger partial charge >= 0.3 is 6.18 Å². The van der Waals surface area contributed by atoms with Crippen LogP contribution in [-0.2, 0) is 11.3 Å². The van der Waals surface area contributed by atoms with Crippen molar-refractivity contribution in [3.05, 3.63) is 46.0 Å². The third-order valence-corrected chi connectivity index (χ3v) is 5.85. The second kappa shape index (κ2) is 7.42. The number of hydrogen-bond donors (Lipinski definition) is 0. The maximum absolute atomic E-state index is 13.1. The van der Waals surface area contributed by atoms with E-state index in [0.29, 0.717) is 21.1 Å². The smallest absolute Gasteiger partial charge is 0.329 e. The van der Waals surface area contributed by atoms with Crippen LogP contribution in [0.1, 0.15) is 12.8 Å². The maximum Gasteiger partial charge on any atom is 0.408 e. The fourth-order valence-corrected chi connectivity index (χ4v) is 4.31. The number of aromatic nitrogens is 3. The van der Waals surface area contributed by atoms with Gasteiger partial charge < -0.3 is 4.90 Å². The number of carbonyl (C=O) groups excluding carboxylic acids is 1. The quantitative estimate of drug-likeness (QED) is 0.620. The highest BCUT2D eigenvalue weighted by molar-refractivity contribution is 7.13. The number of likely N-dealkylation sites (tertiary alicyclic amines) is 1. The summed E-state index contributed by atoms with van der Waals surface area (Å²) >= 11 is 6.93. The molecule has 6 nitrogen and oxygen atoms in total. The summed E-state index contributed by atoms with van der Waals surface area (Å²) in [5.41, 5.74) is 0.528. The van der Waals surface area contributed by atoms with E-state index in [1.807, 2.05) is 0 Å². The Balaban J connectivity index is 1.68. The molecule has 1 aromatic carbocycles. The second-order valence-corrected chi connectivity index (χ2v) is 7.87. The zero-order valence-corrected chi connectivity index (χ0v) is 16.4. The van der Waals surface area contributed by atoms with Gasteiger partial charge in [-0.1, -0.05) is 23.7 Å². The molecule has 3 heterocycles. The Bertz CT molecular complexity index is 1130. The van der Waals surface area contributed by atoms with Crippen molar-refractivity contribution in [3.8, 4) is 11.3 Å².